The summed E-state index contributed by atoms with van der Waals surface area (Å²) in [6.07, 6.45) is 4.42. The average Bonchev–Trinajstić information content (AvgIpc) is 2.74. The summed E-state index contributed by atoms with van der Waals surface area (Å²) in [6, 6.07) is 2.31. The van der Waals surface area contributed by atoms with Crippen LogP contribution in [0.15, 0.2) is 0 Å². The maximum absolute atomic E-state index is 9.11. The summed E-state index contributed by atoms with van der Waals surface area (Å²) in [4.78, 5) is 0. The van der Waals surface area contributed by atoms with Crippen molar-refractivity contribution in [2.45, 2.75) is 31.3 Å². The maximum atomic E-state index is 9.11. The van der Waals surface area contributed by atoms with Crippen molar-refractivity contribution in [1.82, 2.24) is 0 Å². The van der Waals surface area contributed by atoms with Gasteiger partial charge >= 0.3 is 0 Å². The summed E-state index contributed by atoms with van der Waals surface area (Å²) in [5.41, 5.74) is -0.550. The van der Waals surface area contributed by atoms with Gasteiger partial charge in [-0.1, -0.05) is 0 Å². The molecule has 3 nitrogen and oxygen atoms in total. The van der Waals surface area contributed by atoms with Gasteiger partial charge in [0.25, 0.3) is 0 Å². The van der Waals surface area contributed by atoms with Crippen LogP contribution >= 0.6 is 0 Å². The Morgan fingerprint density at radius 3 is 2.85 bits per heavy atom. The summed E-state index contributed by atoms with van der Waals surface area (Å²) in [5.74, 6) is 1.12. The van der Waals surface area contributed by atoms with Gasteiger partial charge in [-0.05, 0) is 31.6 Å². The Morgan fingerprint density at radius 2 is 2.38 bits per heavy atom. The summed E-state index contributed by atoms with van der Waals surface area (Å²) < 4.78 is 5.51. The predicted molar refractivity (Wildman–Crippen MR) is 46.8 cm³/mol. The second kappa shape index (κ2) is 3.28. The molecule has 0 aliphatic heterocycles. The van der Waals surface area contributed by atoms with Crippen molar-refractivity contribution >= 4 is 0 Å². The Labute approximate surface area is 78.3 Å². The summed E-state index contributed by atoms with van der Waals surface area (Å²) in [5, 5.41) is 17.8. The van der Waals surface area contributed by atoms with Crippen LogP contribution in [-0.4, -0.2) is 23.9 Å². The van der Waals surface area contributed by atoms with Crippen molar-refractivity contribution in [2.24, 2.45) is 11.8 Å². The fourth-order valence-corrected chi connectivity index (χ4v) is 2.85. The maximum Gasteiger partial charge on any atom is 0.157 e. The molecule has 0 spiro atoms. The number of rotatable bonds is 3. The third-order valence-corrected chi connectivity index (χ3v) is 3.43. The molecule has 2 bridgehead atoms. The van der Waals surface area contributed by atoms with Gasteiger partial charge in [-0.2, -0.15) is 5.26 Å². The molecule has 1 N–H and O–H groups in total. The zero-order valence-corrected chi connectivity index (χ0v) is 7.70. The van der Waals surface area contributed by atoms with Crippen LogP contribution in [0.5, 0.6) is 0 Å². The van der Waals surface area contributed by atoms with E-state index in [4.69, 9.17) is 15.1 Å². The Kier molecular flexibility index (Phi) is 2.27. The van der Waals surface area contributed by atoms with E-state index >= 15 is 0 Å². The highest BCUT2D eigenvalue weighted by Gasteiger charge is 2.52. The molecule has 3 unspecified atom stereocenters. The van der Waals surface area contributed by atoms with Crippen molar-refractivity contribution in [3.8, 4) is 6.07 Å². The number of nitriles is 1. The van der Waals surface area contributed by atoms with E-state index in [1.807, 2.05) is 0 Å². The molecule has 0 heterocycles. The first-order chi connectivity index (χ1) is 6.30. The molecule has 0 aromatic heterocycles. The number of aliphatic hydroxyl groups excluding tert-OH is 1. The van der Waals surface area contributed by atoms with Crippen LogP contribution < -0.4 is 0 Å². The quantitative estimate of drug-likeness (QED) is 0.708. The van der Waals surface area contributed by atoms with Gasteiger partial charge in [0.15, 0.2) is 5.60 Å². The van der Waals surface area contributed by atoms with Crippen LogP contribution in [0.1, 0.15) is 25.7 Å². The third kappa shape index (κ3) is 1.34. The SMILES string of the molecule is N#CC1(OCCO)CC2CCC1C2. The fraction of sp³-hybridized carbons (Fsp3) is 0.900. The van der Waals surface area contributed by atoms with Crippen LogP contribution in [0.25, 0.3) is 0 Å². The Morgan fingerprint density at radius 1 is 1.54 bits per heavy atom. The van der Waals surface area contributed by atoms with Crippen LogP contribution in [0.3, 0.4) is 0 Å². The van der Waals surface area contributed by atoms with E-state index in [0.717, 1.165) is 19.3 Å². The summed E-state index contributed by atoms with van der Waals surface area (Å²) in [7, 11) is 0. The topological polar surface area (TPSA) is 53.2 Å². The van der Waals surface area contributed by atoms with Gasteiger partial charge in [0, 0.05) is 5.92 Å². The molecule has 3 heteroatoms. The monoisotopic (exact) mass is 181 g/mol. The molecule has 13 heavy (non-hydrogen) atoms. The molecule has 0 radical (unpaired) electrons. The molecule has 2 fully saturated rings. The third-order valence-electron chi connectivity index (χ3n) is 3.43. The lowest BCUT2D eigenvalue weighted by Gasteiger charge is -2.30. The first-order valence-corrected chi connectivity index (χ1v) is 4.97. The van der Waals surface area contributed by atoms with Gasteiger partial charge in [0.05, 0.1) is 19.3 Å². The van der Waals surface area contributed by atoms with Crippen molar-refractivity contribution < 1.29 is 9.84 Å². The minimum Gasteiger partial charge on any atom is -0.394 e. The van der Waals surface area contributed by atoms with Crippen molar-refractivity contribution in [3.05, 3.63) is 0 Å². The van der Waals surface area contributed by atoms with E-state index in [2.05, 4.69) is 6.07 Å². The molecule has 2 aliphatic carbocycles. The average molecular weight is 181 g/mol. The minimum absolute atomic E-state index is 0.0147. The molecular formula is C10H15NO2. The second-order valence-electron chi connectivity index (χ2n) is 4.15. The van der Waals surface area contributed by atoms with Crippen LogP contribution in [0, 0.1) is 23.2 Å². The highest BCUT2D eigenvalue weighted by atomic mass is 16.5. The van der Waals surface area contributed by atoms with Crippen LogP contribution in [-0.2, 0) is 4.74 Å². The van der Waals surface area contributed by atoms with Crippen LogP contribution in [0.4, 0.5) is 0 Å². The summed E-state index contributed by atoms with van der Waals surface area (Å²) >= 11 is 0. The highest BCUT2D eigenvalue weighted by molar-refractivity contribution is 5.14. The number of fused-ring (bicyclic) bond motifs is 2. The Balaban J connectivity index is 2.05. The van der Waals surface area contributed by atoms with Gasteiger partial charge in [0.1, 0.15) is 0 Å². The van der Waals surface area contributed by atoms with Gasteiger partial charge in [-0.3, -0.25) is 0 Å². The largest absolute Gasteiger partial charge is 0.394 e. The molecule has 0 aromatic rings. The van der Waals surface area contributed by atoms with E-state index in [-0.39, 0.29) is 6.61 Å². The molecule has 0 amide bonds. The van der Waals surface area contributed by atoms with Gasteiger partial charge < -0.3 is 9.84 Å². The molecule has 2 aliphatic rings. The molecule has 72 valence electrons. The van der Waals surface area contributed by atoms with E-state index in [1.165, 1.54) is 6.42 Å². The van der Waals surface area contributed by atoms with Crippen molar-refractivity contribution in [1.29, 1.82) is 5.26 Å². The standard InChI is InChI=1S/C10H15NO2/c11-7-10(13-4-3-12)6-8-1-2-9(10)5-8/h8-9,12H,1-6H2. The van der Waals surface area contributed by atoms with Crippen molar-refractivity contribution in [3.63, 3.8) is 0 Å². The molecule has 3 atom stereocenters. The summed E-state index contributed by atoms with van der Waals surface area (Å²) in [6.45, 7) is 0.317. The number of ether oxygens (including phenoxy) is 1. The lowest BCUT2D eigenvalue weighted by atomic mass is 9.85. The predicted octanol–water partition coefficient (Wildman–Crippen LogP) is 1.08. The molecule has 0 aromatic carbocycles. The van der Waals surface area contributed by atoms with Crippen molar-refractivity contribution in [2.75, 3.05) is 13.2 Å². The zero-order chi connectivity index (χ0) is 9.31. The zero-order valence-electron chi connectivity index (χ0n) is 7.70. The smallest absolute Gasteiger partial charge is 0.157 e. The number of hydrogen-bond acceptors (Lipinski definition) is 3. The van der Waals surface area contributed by atoms with Gasteiger partial charge in [-0.15, -0.1) is 0 Å². The molecule has 2 rings (SSSR count). The number of nitrogens with zero attached hydrogens (tertiary/aromatic N) is 1. The first kappa shape index (κ1) is 8.98. The minimum atomic E-state index is -0.550. The fourth-order valence-electron chi connectivity index (χ4n) is 2.85. The normalized spacial score (nSPS) is 42.2. The van der Waals surface area contributed by atoms with Crippen LogP contribution in [0.2, 0.25) is 0 Å². The van der Waals surface area contributed by atoms with Gasteiger partial charge in [0.2, 0.25) is 0 Å². The Hall–Kier alpha value is -0.590. The molecule has 0 saturated heterocycles. The van der Waals surface area contributed by atoms with E-state index in [1.54, 1.807) is 0 Å². The Bertz CT molecular complexity index is 236. The molecular weight excluding hydrogens is 166 g/mol. The second-order valence-corrected chi connectivity index (χ2v) is 4.15. The lowest BCUT2D eigenvalue weighted by Crippen LogP contribution is -2.37. The van der Waals surface area contributed by atoms with E-state index in [0.29, 0.717) is 18.4 Å². The number of hydrogen-bond donors (Lipinski definition) is 1. The highest BCUT2D eigenvalue weighted by Crippen LogP contribution is 2.52. The first-order valence-electron chi connectivity index (χ1n) is 4.97. The number of aliphatic hydroxyl groups is 1. The lowest BCUT2D eigenvalue weighted by molar-refractivity contribution is -0.0527. The van der Waals surface area contributed by atoms with E-state index in [9.17, 15) is 0 Å². The molecule has 2 saturated carbocycles. The van der Waals surface area contributed by atoms with E-state index < -0.39 is 5.60 Å². The van der Waals surface area contributed by atoms with Gasteiger partial charge in [-0.25, -0.2) is 0 Å².